The fourth-order valence-electron chi connectivity index (χ4n) is 8.75. The molecule has 3 atom stereocenters. The van der Waals surface area contributed by atoms with Gasteiger partial charge in [0.25, 0.3) is 11.5 Å². The van der Waals surface area contributed by atoms with Crippen LogP contribution in [0, 0.1) is 12.8 Å². The predicted octanol–water partition coefficient (Wildman–Crippen LogP) is 4.71. The summed E-state index contributed by atoms with van der Waals surface area (Å²) in [5.74, 6) is -0.791. The second kappa shape index (κ2) is 12.7. The Balaban J connectivity index is 1.19. The van der Waals surface area contributed by atoms with Gasteiger partial charge in [0.05, 0.1) is 35.2 Å². The quantitative estimate of drug-likeness (QED) is 0.296. The third kappa shape index (κ3) is 5.54. The number of aromatic hydroxyl groups is 1. The number of anilines is 1. The first-order valence-electron chi connectivity index (χ1n) is 17.2. The standard InChI is InChI=1S/C35H34ClF3N8O5/c1-18-29(49)28(41-17-40-18)32(51)45-12-11-34(21-3-2-4-24(21)45)10-7-25-27(34)31(50)47-33(43-30(44-47)19-8-13-52-14-9-19)46(25)16-26(48)42-23-6-5-20(15-22(23)36)35(37,38)39/h5-6,8,15,17,21,24,49H,2-4,7,9-14,16H2,1H3,(H,42,48). The summed E-state index contributed by atoms with van der Waals surface area (Å²) >= 11 is 6.17. The summed E-state index contributed by atoms with van der Waals surface area (Å²) in [6.45, 7) is 2.44. The molecule has 8 rings (SSSR count). The zero-order chi connectivity index (χ0) is 36.5. The molecule has 5 heterocycles. The van der Waals surface area contributed by atoms with Crippen LogP contribution in [0.15, 0.2) is 35.4 Å². The molecular formula is C35H34ClF3N8O5. The van der Waals surface area contributed by atoms with E-state index in [1.807, 2.05) is 6.08 Å². The van der Waals surface area contributed by atoms with Gasteiger partial charge in [-0.2, -0.15) is 22.7 Å². The number of carbonyl (C=O) groups is 2. The lowest BCUT2D eigenvalue weighted by atomic mass is 9.64. The van der Waals surface area contributed by atoms with Crippen molar-refractivity contribution in [1.82, 2.24) is 34.0 Å². The van der Waals surface area contributed by atoms with Crippen LogP contribution in [0.3, 0.4) is 0 Å². The Morgan fingerprint density at radius 3 is 2.75 bits per heavy atom. The van der Waals surface area contributed by atoms with Gasteiger partial charge in [0.2, 0.25) is 11.7 Å². The van der Waals surface area contributed by atoms with Gasteiger partial charge in [-0.3, -0.25) is 14.4 Å². The highest BCUT2D eigenvalue weighted by molar-refractivity contribution is 6.33. The van der Waals surface area contributed by atoms with Crippen LogP contribution >= 0.6 is 11.6 Å². The van der Waals surface area contributed by atoms with Crippen LogP contribution in [0.4, 0.5) is 18.9 Å². The molecule has 1 aromatic carbocycles. The van der Waals surface area contributed by atoms with E-state index in [2.05, 4.69) is 20.4 Å². The van der Waals surface area contributed by atoms with Crippen molar-refractivity contribution in [3.8, 4) is 5.75 Å². The molecule has 3 aromatic heterocycles. The van der Waals surface area contributed by atoms with E-state index in [1.165, 1.54) is 10.8 Å². The maximum atomic E-state index is 14.6. The molecule has 52 heavy (non-hydrogen) atoms. The van der Waals surface area contributed by atoms with Crippen LogP contribution in [0.25, 0.3) is 11.4 Å². The van der Waals surface area contributed by atoms with Crippen molar-refractivity contribution >= 4 is 40.5 Å². The number of hydrogen-bond donors (Lipinski definition) is 2. The SMILES string of the molecule is Cc1ncnc(C(=O)N2CCC3(CCc4c3c(=O)n3nc(C5=CCOCC5)nc3n4CC(=O)Nc3ccc(C(F)(F)F)cc3Cl)C3CCCC32)c1O. The van der Waals surface area contributed by atoms with E-state index in [4.69, 9.17) is 21.3 Å². The smallest absolute Gasteiger partial charge is 0.416 e. The third-order valence-corrected chi connectivity index (χ3v) is 11.5. The van der Waals surface area contributed by atoms with Gasteiger partial charge in [-0.25, -0.2) is 9.97 Å². The summed E-state index contributed by atoms with van der Waals surface area (Å²) in [4.78, 5) is 56.7. The van der Waals surface area contributed by atoms with Gasteiger partial charge >= 0.3 is 6.18 Å². The van der Waals surface area contributed by atoms with Crippen molar-refractivity contribution in [2.75, 3.05) is 25.1 Å². The molecule has 0 radical (unpaired) electrons. The van der Waals surface area contributed by atoms with Crippen molar-refractivity contribution in [2.24, 2.45) is 5.92 Å². The number of alkyl halides is 3. The molecule has 1 saturated carbocycles. The second-order valence-electron chi connectivity index (χ2n) is 13.8. The van der Waals surface area contributed by atoms with E-state index in [-0.39, 0.29) is 57.9 Å². The van der Waals surface area contributed by atoms with E-state index >= 15 is 0 Å². The predicted molar refractivity (Wildman–Crippen MR) is 181 cm³/mol. The van der Waals surface area contributed by atoms with Crippen molar-refractivity contribution in [2.45, 2.75) is 76.0 Å². The Bertz CT molecular complexity index is 2240. The van der Waals surface area contributed by atoms with Gasteiger partial charge in [0.15, 0.2) is 17.3 Å². The summed E-state index contributed by atoms with van der Waals surface area (Å²) in [6.07, 6.45) is 2.89. The van der Waals surface area contributed by atoms with E-state index in [1.54, 1.807) is 16.4 Å². The molecule has 272 valence electrons. The molecule has 2 fully saturated rings. The Morgan fingerprint density at radius 1 is 1.17 bits per heavy atom. The normalized spacial score (nSPS) is 22.8. The number of amides is 2. The van der Waals surface area contributed by atoms with Crippen LogP contribution in [-0.2, 0) is 34.1 Å². The molecule has 4 aliphatic rings. The van der Waals surface area contributed by atoms with Crippen molar-refractivity contribution in [3.05, 3.63) is 80.0 Å². The number of ether oxygens (including phenoxy) is 1. The number of rotatable bonds is 5. The average Bonchev–Trinajstić information content (AvgIpc) is 3.88. The lowest BCUT2D eigenvalue weighted by Gasteiger charge is -2.49. The topological polar surface area (TPSA) is 157 Å². The number of halogens is 4. The van der Waals surface area contributed by atoms with E-state index < -0.39 is 23.1 Å². The molecule has 13 nitrogen and oxygen atoms in total. The third-order valence-electron chi connectivity index (χ3n) is 11.1. The number of carbonyl (C=O) groups excluding carboxylic acids is 2. The average molecular weight is 739 g/mol. The summed E-state index contributed by atoms with van der Waals surface area (Å²) in [5, 5.41) is 17.7. The Morgan fingerprint density at radius 2 is 2.00 bits per heavy atom. The molecule has 2 N–H and O–H groups in total. The number of piperidine rings is 1. The zero-order valence-electron chi connectivity index (χ0n) is 28.0. The number of hydrogen-bond acceptors (Lipinski definition) is 9. The van der Waals surface area contributed by atoms with Crippen molar-refractivity contribution in [3.63, 3.8) is 0 Å². The van der Waals surface area contributed by atoms with Gasteiger partial charge in [-0.15, -0.1) is 5.10 Å². The zero-order valence-corrected chi connectivity index (χ0v) is 28.8. The molecule has 4 aromatic rings. The number of benzene rings is 1. The van der Waals surface area contributed by atoms with Crippen LogP contribution in [0.5, 0.6) is 5.75 Å². The van der Waals surface area contributed by atoms with Crippen LogP contribution < -0.4 is 10.9 Å². The minimum Gasteiger partial charge on any atom is -0.504 e. The van der Waals surface area contributed by atoms with Gasteiger partial charge in [0.1, 0.15) is 12.9 Å². The summed E-state index contributed by atoms with van der Waals surface area (Å²) < 4.78 is 48.2. The fraction of sp³-hybridized carbons (Fsp3) is 0.457. The van der Waals surface area contributed by atoms with Gasteiger partial charge in [0, 0.05) is 29.3 Å². The fourth-order valence-corrected chi connectivity index (χ4v) is 8.97. The summed E-state index contributed by atoms with van der Waals surface area (Å²) in [5.41, 5.74) is 0.355. The van der Waals surface area contributed by atoms with Crippen LogP contribution in [0.2, 0.25) is 5.02 Å². The Labute approximate surface area is 299 Å². The first-order valence-corrected chi connectivity index (χ1v) is 17.5. The maximum Gasteiger partial charge on any atom is 0.416 e. The van der Waals surface area contributed by atoms with E-state index in [0.717, 1.165) is 43.0 Å². The molecule has 3 unspecified atom stereocenters. The van der Waals surface area contributed by atoms with Gasteiger partial charge < -0.3 is 24.6 Å². The monoisotopic (exact) mass is 738 g/mol. The van der Waals surface area contributed by atoms with Gasteiger partial charge in [-0.05, 0) is 75.1 Å². The lowest BCUT2D eigenvalue weighted by molar-refractivity contribution is -0.137. The molecule has 2 aliphatic heterocycles. The first-order chi connectivity index (χ1) is 24.9. The molecule has 0 bridgehead atoms. The minimum absolute atomic E-state index is 0.00937. The largest absolute Gasteiger partial charge is 0.504 e. The summed E-state index contributed by atoms with van der Waals surface area (Å²) in [6, 6.07) is 2.49. The molecule has 2 amide bonds. The number of aromatic nitrogens is 6. The highest BCUT2D eigenvalue weighted by Gasteiger charge is 2.57. The molecule has 2 aliphatic carbocycles. The van der Waals surface area contributed by atoms with E-state index in [0.29, 0.717) is 68.2 Å². The second-order valence-corrected chi connectivity index (χ2v) is 14.2. The van der Waals surface area contributed by atoms with Crippen LogP contribution in [0.1, 0.15) is 77.4 Å². The first kappa shape index (κ1) is 34.3. The number of likely N-dealkylation sites (tertiary alicyclic amines) is 1. The number of nitrogens with zero attached hydrogens (tertiary/aromatic N) is 7. The number of fused-ring (bicyclic) bond motifs is 5. The molecule has 17 heteroatoms. The highest BCUT2D eigenvalue weighted by atomic mass is 35.5. The van der Waals surface area contributed by atoms with E-state index in [9.17, 15) is 32.7 Å². The maximum absolute atomic E-state index is 14.6. The molecular weight excluding hydrogens is 705 g/mol. The highest BCUT2D eigenvalue weighted by Crippen LogP contribution is 2.55. The minimum atomic E-state index is -4.60. The summed E-state index contributed by atoms with van der Waals surface area (Å²) in [7, 11) is 0. The van der Waals surface area contributed by atoms with Crippen molar-refractivity contribution < 1.29 is 32.6 Å². The molecule has 1 spiro atoms. The van der Waals surface area contributed by atoms with Crippen molar-refractivity contribution in [1.29, 1.82) is 0 Å². The van der Waals surface area contributed by atoms with Crippen LogP contribution in [-0.4, -0.2) is 76.8 Å². The lowest BCUT2D eigenvalue weighted by Crippen LogP contribution is -2.56. The Hall–Kier alpha value is -4.83. The molecule has 1 saturated heterocycles. The number of aryl methyl sites for hydroxylation is 1. The van der Waals surface area contributed by atoms with Gasteiger partial charge in [-0.1, -0.05) is 24.1 Å². The number of nitrogens with one attached hydrogen (secondary N) is 1. The Kier molecular flexibility index (Phi) is 8.36.